The molecule has 8 nitrogen and oxygen atoms in total. The van der Waals surface area contributed by atoms with Crippen LogP contribution in [0.15, 0.2) is 59.2 Å². The van der Waals surface area contributed by atoms with Gasteiger partial charge in [0, 0.05) is 22.7 Å². The van der Waals surface area contributed by atoms with Gasteiger partial charge >= 0.3 is 10.2 Å². The zero-order valence-corrected chi connectivity index (χ0v) is 19.7. The molecule has 1 amide bonds. The SMILES string of the molecule is CCCNS(=O)(=O)NC(=O)c1ccc2nc(C)n(Cc3ccc(-c4ccco4)cc3Cl)c2c1. The summed E-state index contributed by atoms with van der Waals surface area (Å²) < 4.78 is 35.8. The fourth-order valence-corrected chi connectivity index (χ4v) is 4.63. The minimum atomic E-state index is -3.92. The first-order valence-electron chi connectivity index (χ1n) is 10.4. The number of benzene rings is 2. The van der Waals surface area contributed by atoms with Gasteiger partial charge < -0.3 is 8.98 Å². The minimum absolute atomic E-state index is 0.213. The van der Waals surface area contributed by atoms with Gasteiger partial charge in [-0.05, 0) is 55.3 Å². The van der Waals surface area contributed by atoms with E-state index in [0.717, 1.165) is 22.7 Å². The fraction of sp³-hybridized carbons (Fsp3) is 0.217. The van der Waals surface area contributed by atoms with E-state index in [1.807, 2.05) is 53.5 Å². The first kappa shape index (κ1) is 23.0. The Labute approximate surface area is 196 Å². The van der Waals surface area contributed by atoms with Crippen molar-refractivity contribution in [2.24, 2.45) is 0 Å². The maximum atomic E-state index is 12.6. The number of aromatic nitrogens is 2. The molecule has 0 spiro atoms. The lowest BCUT2D eigenvalue weighted by Gasteiger charge is -2.11. The maximum Gasteiger partial charge on any atom is 0.301 e. The molecule has 2 aromatic heterocycles. The van der Waals surface area contributed by atoms with Gasteiger partial charge in [0.1, 0.15) is 11.6 Å². The Kier molecular flexibility index (Phi) is 6.55. The third-order valence-corrected chi connectivity index (χ3v) is 6.55. The van der Waals surface area contributed by atoms with Crippen LogP contribution in [0.2, 0.25) is 5.02 Å². The predicted molar refractivity (Wildman–Crippen MR) is 127 cm³/mol. The Morgan fingerprint density at radius 1 is 1.18 bits per heavy atom. The number of furan rings is 1. The smallest absolute Gasteiger partial charge is 0.301 e. The summed E-state index contributed by atoms with van der Waals surface area (Å²) in [5.41, 5.74) is 3.35. The molecule has 2 N–H and O–H groups in total. The number of amides is 1. The van der Waals surface area contributed by atoms with Crippen molar-refractivity contribution in [3.8, 4) is 11.3 Å². The van der Waals surface area contributed by atoms with Gasteiger partial charge in [0.15, 0.2) is 0 Å². The molecule has 172 valence electrons. The molecular formula is C23H23ClN4O4S. The summed E-state index contributed by atoms with van der Waals surface area (Å²) in [5.74, 6) is 0.754. The van der Waals surface area contributed by atoms with E-state index in [4.69, 9.17) is 16.0 Å². The topological polar surface area (TPSA) is 106 Å². The lowest BCUT2D eigenvalue weighted by molar-refractivity contribution is 0.0981. The van der Waals surface area contributed by atoms with E-state index in [9.17, 15) is 13.2 Å². The van der Waals surface area contributed by atoms with Crippen molar-refractivity contribution in [1.82, 2.24) is 19.0 Å². The van der Waals surface area contributed by atoms with Gasteiger partial charge in [-0.25, -0.2) is 9.71 Å². The number of carbonyl (C=O) groups is 1. The Morgan fingerprint density at radius 2 is 2.00 bits per heavy atom. The average molecular weight is 487 g/mol. The molecule has 2 heterocycles. The molecule has 0 bridgehead atoms. The molecular weight excluding hydrogens is 464 g/mol. The first-order chi connectivity index (χ1) is 15.8. The number of hydrogen-bond donors (Lipinski definition) is 2. The predicted octanol–water partition coefficient (Wildman–Crippen LogP) is 4.28. The van der Waals surface area contributed by atoms with E-state index in [1.54, 1.807) is 24.5 Å². The third-order valence-electron chi connectivity index (χ3n) is 5.16. The normalized spacial score (nSPS) is 11.7. The Hall–Kier alpha value is -3.14. The molecule has 0 radical (unpaired) electrons. The largest absolute Gasteiger partial charge is 0.464 e. The molecule has 4 rings (SSSR count). The Morgan fingerprint density at radius 3 is 2.70 bits per heavy atom. The van der Waals surface area contributed by atoms with Crippen molar-refractivity contribution in [3.63, 3.8) is 0 Å². The monoisotopic (exact) mass is 486 g/mol. The quantitative estimate of drug-likeness (QED) is 0.386. The molecule has 0 aliphatic rings. The summed E-state index contributed by atoms with van der Waals surface area (Å²) in [7, 11) is -3.92. The van der Waals surface area contributed by atoms with Crippen LogP contribution in [0.3, 0.4) is 0 Å². The molecule has 0 aliphatic carbocycles. The van der Waals surface area contributed by atoms with Crippen molar-refractivity contribution in [1.29, 1.82) is 0 Å². The second kappa shape index (κ2) is 9.38. The van der Waals surface area contributed by atoms with Gasteiger partial charge in [-0.15, -0.1) is 0 Å². The van der Waals surface area contributed by atoms with Gasteiger partial charge in [-0.2, -0.15) is 13.1 Å². The zero-order valence-electron chi connectivity index (χ0n) is 18.1. The highest BCUT2D eigenvalue weighted by atomic mass is 35.5. The van der Waals surface area contributed by atoms with Crippen LogP contribution in [0.1, 0.15) is 35.1 Å². The number of nitrogens with zero attached hydrogens (tertiary/aromatic N) is 2. The first-order valence-corrected chi connectivity index (χ1v) is 12.2. The molecule has 0 fully saturated rings. The van der Waals surface area contributed by atoms with Crippen molar-refractivity contribution < 1.29 is 17.6 Å². The minimum Gasteiger partial charge on any atom is -0.464 e. The molecule has 0 saturated carbocycles. The highest BCUT2D eigenvalue weighted by molar-refractivity contribution is 7.88. The van der Waals surface area contributed by atoms with E-state index in [0.29, 0.717) is 29.0 Å². The van der Waals surface area contributed by atoms with Gasteiger partial charge in [-0.1, -0.05) is 30.7 Å². The van der Waals surface area contributed by atoms with Crippen LogP contribution >= 0.6 is 11.6 Å². The lowest BCUT2D eigenvalue weighted by atomic mass is 10.1. The van der Waals surface area contributed by atoms with E-state index in [-0.39, 0.29) is 12.1 Å². The highest BCUT2D eigenvalue weighted by Crippen LogP contribution is 2.28. The third kappa shape index (κ3) is 5.11. The summed E-state index contributed by atoms with van der Waals surface area (Å²) >= 11 is 6.55. The van der Waals surface area contributed by atoms with Crippen molar-refractivity contribution >= 4 is 38.8 Å². The summed E-state index contributed by atoms with van der Waals surface area (Å²) in [5, 5.41) is 0.576. The fourth-order valence-electron chi connectivity index (χ4n) is 3.48. The van der Waals surface area contributed by atoms with Crippen LogP contribution in [0.5, 0.6) is 0 Å². The number of fused-ring (bicyclic) bond motifs is 1. The molecule has 0 unspecified atom stereocenters. The van der Waals surface area contributed by atoms with Crippen LogP contribution in [0.25, 0.3) is 22.4 Å². The van der Waals surface area contributed by atoms with Crippen LogP contribution < -0.4 is 9.44 Å². The van der Waals surface area contributed by atoms with E-state index in [1.165, 1.54) is 0 Å². The number of imidazole rings is 1. The summed E-state index contributed by atoms with van der Waals surface area (Å²) in [6, 6.07) is 14.3. The zero-order chi connectivity index (χ0) is 23.6. The number of carbonyl (C=O) groups excluding carboxylic acids is 1. The molecule has 0 saturated heterocycles. The van der Waals surface area contributed by atoms with Crippen LogP contribution in [-0.2, 0) is 16.8 Å². The second-order valence-corrected chi connectivity index (χ2v) is 9.47. The maximum absolute atomic E-state index is 12.6. The molecule has 0 atom stereocenters. The summed E-state index contributed by atoms with van der Waals surface area (Å²) in [6.07, 6.45) is 2.22. The molecule has 33 heavy (non-hydrogen) atoms. The number of nitrogens with one attached hydrogen (secondary N) is 2. The van der Waals surface area contributed by atoms with Crippen LogP contribution in [0, 0.1) is 6.92 Å². The standard InChI is InChI=1S/C23H23ClN4O4S/c1-3-10-25-33(30,31)27-23(29)17-8-9-20-21(13-17)28(15(2)26-20)14-18-7-6-16(12-19(18)24)22-5-4-11-32-22/h4-9,11-13,25H,3,10,14H2,1-2H3,(H,27,29). The van der Waals surface area contributed by atoms with Gasteiger partial charge in [0.25, 0.3) is 5.91 Å². The summed E-state index contributed by atoms with van der Waals surface area (Å²) in [6.45, 7) is 4.37. The Balaban J connectivity index is 1.62. The van der Waals surface area contributed by atoms with Gasteiger partial charge in [0.05, 0.1) is 23.8 Å². The number of aryl methyl sites for hydroxylation is 1. The highest BCUT2D eigenvalue weighted by Gasteiger charge is 2.18. The van der Waals surface area contributed by atoms with Crippen LogP contribution in [-0.4, -0.2) is 30.4 Å². The van der Waals surface area contributed by atoms with Gasteiger partial charge in [0.2, 0.25) is 0 Å². The van der Waals surface area contributed by atoms with Crippen molar-refractivity contribution in [2.45, 2.75) is 26.8 Å². The molecule has 2 aromatic carbocycles. The number of rotatable bonds is 8. The van der Waals surface area contributed by atoms with Crippen molar-refractivity contribution in [3.05, 3.63) is 76.8 Å². The average Bonchev–Trinajstić information content (AvgIpc) is 3.41. The summed E-state index contributed by atoms with van der Waals surface area (Å²) in [4.78, 5) is 17.1. The van der Waals surface area contributed by atoms with Crippen LogP contribution in [0.4, 0.5) is 0 Å². The van der Waals surface area contributed by atoms with E-state index >= 15 is 0 Å². The van der Waals surface area contributed by atoms with Crippen molar-refractivity contribution in [2.75, 3.05) is 6.54 Å². The van der Waals surface area contributed by atoms with E-state index < -0.39 is 16.1 Å². The van der Waals surface area contributed by atoms with Gasteiger partial charge in [-0.3, -0.25) is 4.79 Å². The molecule has 10 heteroatoms. The number of hydrogen-bond acceptors (Lipinski definition) is 5. The number of halogens is 1. The molecule has 4 aromatic rings. The molecule has 0 aliphatic heterocycles. The lowest BCUT2D eigenvalue weighted by Crippen LogP contribution is -2.40. The van der Waals surface area contributed by atoms with E-state index in [2.05, 4.69) is 9.71 Å². The Bertz CT molecular complexity index is 1410. The second-order valence-electron chi connectivity index (χ2n) is 7.56.